The fourth-order valence-corrected chi connectivity index (χ4v) is 3.15. The van der Waals surface area contributed by atoms with Crippen LogP contribution in [-0.2, 0) is 6.42 Å². The summed E-state index contributed by atoms with van der Waals surface area (Å²) in [6, 6.07) is 10.8. The summed E-state index contributed by atoms with van der Waals surface area (Å²) < 4.78 is 0. The second-order valence-corrected chi connectivity index (χ2v) is 5.99. The lowest BCUT2D eigenvalue weighted by Gasteiger charge is -2.34. The van der Waals surface area contributed by atoms with Gasteiger partial charge in [-0.1, -0.05) is 42.5 Å². The van der Waals surface area contributed by atoms with Crippen molar-refractivity contribution in [3.8, 4) is 0 Å². The lowest BCUT2D eigenvalue weighted by Crippen LogP contribution is -2.51. The zero-order valence-electron chi connectivity index (χ0n) is 11.4. The number of rotatable bonds is 6. The number of aliphatic hydroxyl groups is 1. The second kappa shape index (κ2) is 5.48. The van der Waals surface area contributed by atoms with Gasteiger partial charge >= 0.3 is 0 Å². The van der Waals surface area contributed by atoms with Crippen LogP contribution in [-0.4, -0.2) is 23.3 Å². The minimum Gasteiger partial charge on any atom is -0.388 e. The van der Waals surface area contributed by atoms with Crippen LogP contribution in [0.15, 0.2) is 42.5 Å². The Labute approximate surface area is 115 Å². The molecule has 2 heteroatoms. The molecule has 0 unspecified atom stereocenters. The molecule has 0 aliphatic heterocycles. The van der Waals surface area contributed by atoms with Crippen LogP contribution in [0, 0.1) is 5.92 Å². The van der Waals surface area contributed by atoms with Gasteiger partial charge in [0, 0.05) is 6.04 Å². The van der Waals surface area contributed by atoms with Crippen LogP contribution >= 0.6 is 0 Å². The van der Waals surface area contributed by atoms with Gasteiger partial charge < -0.3 is 10.4 Å². The molecule has 0 aromatic heterocycles. The molecule has 0 amide bonds. The third-order valence-electron chi connectivity index (χ3n) is 4.40. The third kappa shape index (κ3) is 3.07. The highest BCUT2D eigenvalue weighted by Crippen LogP contribution is 2.41. The van der Waals surface area contributed by atoms with Crippen LogP contribution in [0.2, 0.25) is 0 Å². The molecular weight excluding hydrogens is 234 g/mol. The SMILES string of the molecule is OC1([C@H](NCCc2ccccc2)C2CC2)CC=CC1. The van der Waals surface area contributed by atoms with Gasteiger partial charge in [-0.3, -0.25) is 0 Å². The monoisotopic (exact) mass is 257 g/mol. The van der Waals surface area contributed by atoms with Gasteiger partial charge in [0.2, 0.25) is 0 Å². The highest BCUT2D eigenvalue weighted by Gasteiger charge is 2.45. The van der Waals surface area contributed by atoms with Crippen LogP contribution < -0.4 is 5.32 Å². The zero-order chi connectivity index (χ0) is 13.1. The first-order chi connectivity index (χ1) is 9.28. The van der Waals surface area contributed by atoms with Gasteiger partial charge in [0.25, 0.3) is 0 Å². The normalized spacial score (nSPS) is 22.6. The van der Waals surface area contributed by atoms with Gasteiger partial charge in [-0.25, -0.2) is 0 Å². The number of hydrogen-bond donors (Lipinski definition) is 2. The Morgan fingerprint density at radius 2 is 1.84 bits per heavy atom. The molecule has 0 saturated heterocycles. The molecular formula is C17H23NO. The minimum atomic E-state index is -0.530. The molecule has 1 aromatic rings. The largest absolute Gasteiger partial charge is 0.388 e. The first-order valence-corrected chi connectivity index (χ1v) is 7.43. The molecule has 1 aromatic carbocycles. The Balaban J connectivity index is 1.54. The average Bonchev–Trinajstić information content (AvgIpc) is 3.17. The van der Waals surface area contributed by atoms with E-state index in [0.29, 0.717) is 5.92 Å². The summed E-state index contributed by atoms with van der Waals surface area (Å²) in [5.41, 5.74) is 0.832. The van der Waals surface area contributed by atoms with Crippen molar-refractivity contribution in [3.63, 3.8) is 0 Å². The first kappa shape index (κ1) is 12.9. The van der Waals surface area contributed by atoms with Crippen molar-refractivity contribution in [2.45, 2.75) is 43.7 Å². The molecule has 2 aliphatic carbocycles. The fraction of sp³-hybridized carbons (Fsp3) is 0.529. The number of nitrogens with one attached hydrogen (secondary N) is 1. The molecule has 3 rings (SSSR count). The van der Waals surface area contributed by atoms with Gasteiger partial charge in [0.1, 0.15) is 0 Å². The summed E-state index contributed by atoms with van der Waals surface area (Å²) in [6.45, 7) is 0.952. The first-order valence-electron chi connectivity index (χ1n) is 7.43. The van der Waals surface area contributed by atoms with Crippen molar-refractivity contribution in [2.24, 2.45) is 5.92 Å². The van der Waals surface area contributed by atoms with Crippen molar-refractivity contribution < 1.29 is 5.11 Å². The molecule has 0 spiro atoms. The molecule has 1 fully saturated rings. The highest BCUT2D eigenvalue weighted by atomic mass is 16.3. The van der Waals surface area contributed by atoms with E-state index in [-0.39, 0.29) is 6.04 Å². The van der Waals surface area contributed by atoms with Crippen molar-refractivity contribution in [3.05, 3.63) is 48.0 Å². The Morgan fingerprint density at radius 3 is 2.47 bits per heavy atom. The summed E-state index contributed by atoms with van der Waals surface area (Å²) >= 11 is 0. The molecule has 0 bridgehead atoms. The lowest BCUT2D eigenvalue weighted by molar-refractivity contribution is 0.00585. The Morgan fingerprint density at radius 1 is 1.16 bits per heavy atom. The minimum absolute atomic E-state index is 0.270. The van der Waals surface area contributed by atoms with E-state index in [9.17, 15) is 5.11 Å². The maximum Gasteiger partial charge on any atom is 0.0871 e. The van der Waals surface area contributed by atoms with Crippen LogP contribution in [0.5, 0.6) is 0 Å². The topological polar surface area (TPSA) is 32.3 Å². The van der Waals surface area contributed by atoms with Crippen molar-refractivity contribution >= 4 is 0 Å². The van der Waals surface area contributed by atoms with E-state index in [4.69, 9.17) is 0 Å². The van der Waals surface area contributed by atoms with E-state index in [1.165, 1.54) is 18.4 Å². The van der Waals surface area contributed by atoms with E-state index in [0.717, 1.165) is 25.8 Å². The number of hydrogen-bond acceptors (Lipinski definition) is 2. The Bertz CT molecular complexity index is 428. The van der Waals surface area contributed by atoms with Gasteiger partial charge in [-0.05, 0) is 50.1 Å². The molecule has 2 nitrogen and oxygen atoms in total. The molecule has 1 saturated carbocycles. The molecule has 19 heavy (non-hydrogen) atoms. The highest BCUT2D eigenvalue weighted by molar-refractivity contribution is 5.16. The van der Waals surface area contributed by atoms with Gasteiger partial charge in [-0.15, -0.1) is 0 Å². The van der Waals surface area contributed by atoms with Gasteiger partial charge in [0.05, 0.1) is 5.60 Å². The summed E-state index contributed by atoms with van der Waals surface area (Å²) in [7, 11) is 0. The van der Waals surface area contributed by atoms with Crippen LogP contribution in [0.4, 0.5) is 0 Å². The van der Waals surface area contributed by atoms with Crippen molar-refractivity contribution in [2.75, 3.05) is 6.54 Å². The van der Waals surface area contributed by atoms with E-state index in [1.54, 1.807) is 0 Å². The van der Waals surface area contributed by atoms with Crippen molar-refractivity contribution in [1.82, 2.24) is 5.32 Å². The Kier molecular flexibility index (Phi) is 3.72. The summed E-state index contributed by atoms with van der Waals surface area (Å²) in [5.74, 6) is 0.681. The average molecular weight is 257 g/mol. The number of benzene rings is 1. The quantitative estimate of drug-likeness (QED) is 0.768. The molecule has 1 atom stereocenters. The van der Waals surface area contributed by atoms with Gasteiger partial charge in [-0.2, -0.15) is 0 Å². The summed E-state index contributed by atoms with van der Waals surface area (Å²) in [4.78, 5) is 0. The summed E-state index contributed by atoms with van der Waals surface area (Å²) in [5, 5.41) is 14.4. The van der Waals surface area contributed by atoms with Crippen LogP contribution in [0.25, 0.3) is 0 Å². The molecule has 102 valence electrons. The predicted molar refractivity (Wildman–Crippen MR) is 78.0 cm³/mol. The second-order valence-electron chi connectivity index (χ2n) is 5.99. The maximum atomic E-state index is 10.7. The van der Waals surface area contributed by atoms with Crippen LogP contribution in [0.3, 0.4) is 0 Å². The molecule has 2 aliphatic rings. The van der Waals surface area contributed by atoms with Crippen LogP contribution in [0.1, 0.15) is 31.2 Å². The molecule has 0 heterocycles. The fourth-order valence-electron chi connectivity index (χ4n) is 3.15. The maximum absolute atomic E-state index is 10.7. The third-order valence-corrected chi connectivity index (χ3v) is 4.40. The zero-order valence-corrected chi connectivity index (χ0v) is 11.4. The predicted octanol–water partition coefficient (Wildman–Crippen LogP) is 2.68. The van der Waals surface area contributed by atoms with E-state index in [2.05, 4.69) is 47.8 Å². The molecule has 0 radical (unpaired) electrons. The Hall–Kier alpha value is -1.12. The van der Waals surface area contributed by atoms with E-state index in [1.807, 2.05) is 0 Å². The van der Waals surface area contributed by atoms with Gasteiger partial charge in [0.15, 0.2) is 0 Å². The summed E-state index contributed by atoms with van der Waals surface area (Å²) in [6.07, 6.45) is 9.44. The molecule has 2 N–H and O–H groups in total. The van der Waals surface area contributed by atoms with E-state index >= 15 is 0 Å². The smallest absolute Gasteiger partial charge is 0.0871 e. The van der Waals surface area contributed by atoms with E-state index < -0.39 is 5.60 Å². The standard InChI is InChI=1S/C17H23NO/c19-17(11-4-5-12-17)16(15-8-9-15)18-13-10-14-6-2-1-3-7-14/h1-7,15-16,18-19H,8-13H2/t16-/m1/s1. The lowest BCUT2D eigenvalue weighted by atomic mass is 9.88. The van der Waals surface area contributed by atoms with Crippen molar-refractivity contribution in [1.29, 1.82) is 0 Å².